The number of pyridine rings is 1. The van der Waals surface area contributed by atoms with Gasteiger partial charge >= 0.3 is 0 Å². The first-order chi connectivity index (χ1) is 15.0. The van der Waals surface area contributed by atoms with Gasteiger partial charge in [-0.2, -0.15) is 0 Å². The normalized spacial score (nSPS) is 13.5. The van der Waals surface area contributed by atoms with E-state index in [4.69, 9.17) is 33.7 Å². The molecule has 0 spiro atoms. The highest BCUT2D eigenvalue weighted by Crippen LogP contribution is 2.27. The van der Waals surface area contributed by atoms with Gasteiger partial charge in [-0.05, 0) is 24.3 Å². The molecule has 0 atom stereocenters. The summed E-state index contributed by atoms with van der Waals surface area (Å²) in [6.07, 6.45) is 2.97. The molecule has 2 aromatic heterocycles. The van der Waals surface area contributed by atoms with Crippen molar-refractivity contribution in [3.8, 4) is 11.6 Å². The molecule has 0 radical (unpaired) electrons. The standard InChI is InChI=1S/C21H20Cl2N6O2.ClH/c22-15-9-18(23)20(25-12-15)28-4-6-29(7-5-28)21(30)14-2-1-3-17(8-14)31-19-10-16(11-24)26-13-27-19;/h1-3,8-10,12-13H,4-7,11,24H2;1H. The van der Waals surface area contributed by atoms with Gasteiger partial charge in [-0.1, -0.05) is 29.3 Å². The molecule has 3 aromatic rings. The van der Waals surface area contributed by atoms with Crippen molar-refractivity contribution in [2.45, 2.75) is 6.54 Å². The number of aromatic nitrogens is 3. The van der Waals surface area contributed by atoms with Gasteiger partial charge in [0.15, 0.2) is 0 Å². The minimum atomic E-state index is -0.0643. The Labute approximate surface area is 201 Å². The minimum Gasteiger partial charge on any atom is -0.439 e. The lowest BCUT2D eigenvalue weighted by Crippen LogP contribution is -2.49. The van der Waals surface area contributed by atoms with Gasteiger partial charge in [0.2, 0.25) is 5.88 Å². The number of amides is 1. The lowest BCUT2D eigenvalue weighted by Gasteiger charge is -2.35. The summed E-state index contributed by atoms with van der Waals surface area (Å²) in [7, 11) is 0. The van der Waals surface area contributed by atoms with E-state index in [9.17, 15) is 4.79 Å². The summed E-state index contributed by atoms with van der Waals surface area (Å²) in [6, 6.07) is 10.4. The zero-order chi connectivity index (χ0) is 21.8. The number of nitrogens with zero attached hydrogens (tertiary/aromatic N) is 5. The molecule has 1 fully saturated rings. The van der Waals surface area contributed by atoms with Crippen molar-refractivity contribution in [3.05, 3.63) is 70.2 Å². The van der Waals surface area contributed by atoms with Crippen LogP contribution in [0.3, 0.4) is 0 Å². The maximum atomic E-state index is 13.0. The number of nitrogens with two attached hydrogens (primary N) is 1. The predicted molar refractivity (Wildman–Crippen MR) is 126 cm³/mol. The van der Waals surface area contributed by atoms with Crippen LogP contribution in [0, 0.1) is 0 Å². The van der Waals surface area contributed by atoms with Gasteiger partial charge in [-0.3, -0.25) is 4.79 Å². The van der Waals surface area contributed by atoms with Crippen molar-refractivity contribution < 1.29 is 9.53 Å². The Balaban J connectivity index is 0.00000289. The van der Waals surface area contributed by atoms with Crippen LogP contribution in [-0.4, -0.2) is 51.9 Å². The third kappa shape index (κ3) is 5.58. The lowest BCUT2D eigenvalue weighted by atomic mass is 10.1. The van der Waals surface area contributed by atoms with Crippen LogP contribution in [0.1, 0.15) is 16.1 Å². The fourth-order valence-electron chi connectivity index (χ4n) is 3.30. The second-order valence-electron chi connectivity index (χ2n) is 6.92. The summed E-state index contributed by atoms with van der Waals surface area (Å²) in [6.45, 7) is 2.64. The number of carbonyl (C=O) groups is 1. The van der Waals surface area contributed by atoms with E-state index in [1.165, 1.54) is 6.33 Å². The lowest BCUT2D eigenvalue weighted by molar-refractivity contribution is 0.0746. The van der Waals surface area contributed by atoms with E-state index in [2.05, 4.69) is 15.0 Å². The summed E-state index contributed by atoms with van der Waals surface area (Å²) in [5.41, 5.74) is 6.82. The zero-order valence-corrected chi connectivity index (χ0v) is 19.3. The SMILES string of the molecule is Cl.NCc1cc(Oc2cccc(C(=O)N3CCN(c4ncc(Cl)cc4Cl)CC3)c2)ncn1. The molecule has 1 amide bonds. The second-order valence-corrected chi connectivity index (χ2v) is 7.76. The van der Waals surface area contributed by atoms with Crippen molar-refractivity contribution in [2.24, 2.45) is 5.73 Å². The van der Waals surface area contributed by atoms with E-state index >= 15 is 0 Å². The summed E-state index contributed by atoms with van der Waals surface area (Å²) in [5.74, 6) is 1.50. The molecule has 0 saturated carbocycles. The number of anilines is 1. The number of rotatable bonds is 5. The molecule has 0 unspecified atom stereocenters. The monoisotopic (exact) mass is 494 g/mol. The molecule has 32 heavy (non-hydrogen) atoms. The average molecular weight is 496 g/mol. The molecule has 1 aliphatic rings. The molecule has 8 nitrogen and oxygen atoms in total. The molecule has 2 N–H and O–H groups in total. The van der Waals surface area contributed by atoms with E-state index in [0.717, 1.165) is 0 Å². The van der Waals surface area contributed by atoms with Crippen molar-refractivity contribution in [1.29, 1.82) is 0 Å². The van der Waals surface area contributed by atoms with Gasteiger partial charge in [-0.25, -0.2) is 15.0 Å². The first-order valence-corrected chi connectivity index (χ1v) is 10.4. The van der Waals surface area contributed by atoms with Crippen LogP contribution in [0.4, 0.5) is 5.82 Å². The van der Waals surface area contributed by atoms with Crippen LogP contribution in [-0.2, 0) is 6.54 Å². The van der Waals surface area contributed by atoms with Gasteiger partial charge in [0.05, 0.1) is 15.7 Å². The summed E-state index contributed by atoms with van der Waals surface area (Å²) in [4.78, 5) is 29.3. The van der Waals surface area contributed by atoms with Gasteiger partial charge in [-0.15, -0.1) is 12.4 Å². The van der Waals surface area contributed by atoms with Crippen LogP contribution < -0.4 is 15.4 Å². The molecule has 168 valence electrons. The van der Waals surface area contributed by atoms with Gasteiger partial charge < -0.3 is 20.3 Å². The number of ether oxygens (including phenoxy) is 1. The smallest absolute Gasteiger partial charge is 0.254 e. The third-order valence-corrected chi connectivity index (χ3v) is 5.35. The van der Waals surface area contributed by atoms with E-state index in [0.29, 0.717) is 71.5 Å². The highest BCUT2D eigenvalue weighted by Gasteiger charge is 2.24. The fourth-order valence-corrected chi connectivity index (χ4v) is 3.80. The number of halogens is 3. The Morgan fingerprint density at radius 3 is 2.56 bits per heavy atom. The number of benzene rings is 1. The Morgan fingerprint density at radius 2 is 1.84 bits per heavy atom. The first kappa shape index (κ1) is 24.0. The van der Waals surface area contributed by atoms with E-state index in [1.807, 2.05) is 4.90 Å². The quantitative estimate of drug-likeness (QED) is 0.575. The van der Waals surface area contributed by atoms with Gasteiger partial charge in [0.25, 0.3) is 5.91 Å². The highest BCUT2D eigenvalue weighted by molar-refractivity contribution is 6.36. The van der Waals surface area contributed by atoms with Crippen LogP contribution in [0.5, 0.6) is 11.6 Å². The maximum absolute atomic E-state index is 13.0. The van der Waals surface area contributed by atoms with Crippen molar-refractivity contribution in [2.75, 3.05) is 31.1 Å². The van der Waals surface area contributed by atoms with Crippen LogP contribution in [0.15, 0.2) is 48.9 Å². The predicted octanol–water partition coefficient (Wildman–Crippen LogP) is 3.81. The average Bonchev–Trinajstić information content (AvgIpc) is 2.79. The molecule has 0 bridgehead atoms. The molecule has 4 rings (SSSR count). The number of piperazine rings is 1. The molecular formula is C21H21Cl3N6O2. The second kappa shape index (κ2) is 10.8. The topological polar surface area (TPSA) is 97.5 Å². The summed E-state index contributed by atoms with van der Waals surface area (Å²) in [5, 5.41) is 0.991. The molecule has 1 aromatic carbocycles. The Morgan fingerprint density at radius 1 is 1.06 bits per heavy atom. The molecular weight excluding hydrogens is 475 g/mol. The Hall–Kier alpha value is -2.65. The molecule has 11 heteroatoms. The summed E-state index contributed by atoms with van der Waals surface area (Å²) < 4.78 is 5.78. The molecule has 3 heterocycles. The highest BCUT2D eigenvalue weighted by atomic mass is 35.5. The molecule has 0 aliphatic carbocycles. The molecule has 1 aliphatic heterocycles. The van der Waals surface area contributed by atoms with Gasteiger partial charge in [0, 0.05) is 50.6 Å². The third-order valence-electron chi connectivity index (χ3n) is 4.87. The number of carbonyl (C=O) groups excluding carboxylic acids is 1. The van der Waals surface area contributed by atoms with Crippen molar-refractivity contribution in [3.63, 3.8) is 0 Å². The van der Waals surface area contributed by atoms with E-state index in [-0.39, 0.29) is 18.3 Å². The largest absolute Gasteiger partial charge is 0.439 e. The minimum absolute atomic E-state index is 0. The Kier molecular flexibility index (Phi) is 8.09. The van der Waals surface area contributed by atoms with Crippen LogP contribution in [0.25, 0.3) is 0 Å². The maximum Gasteiger partial charge on any atom is 0.254 e. The van der Waals surface area contributed by atoms with Crippen molar-refractivity contribution >= 4 is 47.3 Å². The summed E-state index contributed by atoms with van der Waals surface area (Å²) >= 11 is 12.2. The number of hydrogen-bond donors (Lipinski definition) is 1. The van der Waals surface area contributed by atoms with E-state index in [1.54, 1.807) is 47.5 Å². The van der Waals surface area contributed by atoms with Gasteiger partial charge in [0.1, 0.15) is 17.9 Å². The number of hydrogen-bond acceptors (Lipinski definition) is 7. The zero-order valence-electron chi connectivity index (χ0n) is 16.9. The first-order valence-electron chi connectivity index (χ1n) is 9.67. The van der Waals surface area contributed by atoms with Crippen LogP contribution >= 0.6 is 35.6 Å². The van der Waals surface area contributed by atoms with Crippen LogP contribution in [0.2, 0.25) is 10.0 Å². The van der Waals surface area contributed by atoms with Crippen molar-refractivity contribution in [1.82, 2.24) is 19.9 Å². The molecule has 1 saturated heterocycles. The van der Waals surface area contributed by atoms with E-state index < -0.39 is 0 Å². The fraction of sp³-hybridized carbons (Fsp3) is 0.238. The Bertz CT molecular complexity index is 1090.